The van der Waals surface area contributed by atoms with Crippen molar-refractivity contribution in [2.24, 2.45) is 0 Å². The highest BCUT2D eigenvalue weighted by molar-refractivity contribution is 14.1. The van der Waals surface area contributed by atoms with Gasteiger partial charge in [-0.3, -0.25) is 13.0 Å². The van der Waals surface area contributed by atoms with Crippen LogP contribution in [0.25, 0.3) is 10.9 Å². The van der Waals surface area contributed by atoms with Crippen LogP contribution in [0, 0.1) is 0 Å². The second-order valence-electron chi connectivity index (χ2n) is 6.64. The summed E-state index contributed by atoms with van der Waals surface area (Å²) in [6.45, 7) is 0. The predicted molar refractivity (Wildman–Crippen MR) is 122 cm³/mol. The fourth-order valence-corrected chi connectivity index (χ4v) is 5.63. The Morgan fingerprint density at radius 2 is 1.86 bits per heavy atom. The van der Waals surface area contributed by atoms with Crippen LogP contribution in [-0.2, 0) is 30.5 Å². The third kappa shape index (κ3) is 4.10. The molecule has 0 saturated carbocycles. The highest BCUT2D eigenvalue weighted by atomic mass is 127. The number of alkyl halides is 1. The number of aromatic nitrogens is 1. The second-order valence-corrected chi connectivity index (χ2v) is 10.1. The van der Waals surface area contributed by atoms with Gasteiger partial charge in [-0.05, 0) is 58.0 Å². The van der Waals surface area contributed by atoms with Gasteiger partial charge in [0.1, 0.15) is 5.75 Å². The average Bonchev–Trinajstić information content (AvgIpc) is 3.10. The first-order valence-corrected chi connectivity index (χ1v) is 12.5. The summed E-state index contributed by atoms with van der Waals surface area (Å²) in [6.07, 6.45) is 4.46. The summed E-state index contributed by atoms with van der Waals surface area (Å²) in [7, 11) is 0.127. The van der Waals surface area contributed by atoms with E-state index in [9.17, 15) is 9.00 Å². The van der Waals surface area contributed by atoms with Gasteiger partial charge in [0.25, 0.3) is 0 Å². The highest BCUT2D eigenvalue weighted by Gasteiger charge is 2.20. The lowest BCUT2D eigenvalue weighted by molar-refractivity contribution is -0.140. The number of hydrogen-bond donors (Lipinski definition) is 1. The van der Waals surface area contributed by atoms with Crippen LogP contribution in [0.2, 0.25) is 0 Å². The Morgan fingerprint density at radius 3 is 2.46 bits per heavy atom. The van der Waals surface area contributed by atoms with E-state index in [-0.39, 0.29) is 12.4 Å². The first-order valence-electron chi connectivity index (χ1n) is 8.89. The average molecular weight is 513 g/mol. The number of benzene rings is 2. The van der Waals surface area contributed by atoms with Gasteiger partial charge in [-0.2, -0.15) is 0 Å². The molecule has 3 rings (SSSR count). The first kappa shape index (κ1) is 20.9. The van der Waals surface area contributed by atoms with Crippen LogP contribution in [0.1, 0.15) is 17.5 Å². The van der Waals surface area contributed by atoms with Crippen LogP contribution in [0.3, 0.4) is 0 Å². The molecule has 0 aliphatic carbocycles. The number of nitrogens with zero attached hydrogens (tertiary/aromatic N) is 1. The molecule has 0 amide bonds. The molecular formula is C21H24INO4S. The monoisotopic (exact) mass is 513 g/mol. The zero-order chi connectivity index (χ0) is 20.3. The lowest BCUT2D eigenvalue weighted by atomic mass is 10.1. The van der Waals surface area contributed by atoms with Gasteiger partial charge < -0.3 is 9.47 Å². The van der Waals surface area contributed by atoms with Gasteiger partial charge in [0.15, 0.2) is 0 Å². The number of hydrogen-bond acceptors (Lipinski definition) is 4. The Bertz CT molecular complexity index is 1040. The van der Waals surface area contributed by atoms with Crippen molar-refractivity contribution >= 4 is 49.6 Å². The number of aryl methyl sites for hydroxylation is 1. The molecule has 1 aromatic heterocycles. The number of carbonyl (C=O) groups excluding carboxylic acids is 1. The third-order valence-electron chi connectivity index (χ3n) is 4.88. The summed E-state index contributed by atoms with van der Waals surface area (Å²) < 4.78 is 26.7. The number of fused-ring (bicyclic) bond motifs is 1. The molecule has 0 bridgehead atoms. The Hall–Kier alpha value is -1.87. The van der Waals surface area contributed by atoms with Crippen LogP contribution >= 0.6 is 22.6 Å². The molecule has 28 heavy (non-hydrogen) atoms. The summed E-state index contributed by atoms with van der Waals surface area (Å²) in [6, 6.07) is 13.6. The van der Waals surface area contributed by atoms with Crippen LogP contribution < -0.4 is 4.74 Å². The molecule has 0 saturated heterocycles. The van der Waals surface area contributed by atoms with Crippen molar-refractivity contribution in [1.82, 2.24) is 3.97 Å². The minimum Gasteiger partial charge on any atom is -0.497 e. The number of esters is 1. The van der Waals surface area contributed by atoms with E-state index in [4.69, 9.17) is 9.47 Å². The summed E-state index contributed by atoms with van der Waals surface area (Å²) in [5.41, 5.74) is 3.01. The smallest absolute Gasteiger partial charge is 0.305 e. The summed E-state index contributed by atoms with van der Waals surface area (Å²) in [5.74, 6) is 0.458. The van der Waals surface area contributed by atoms with Gasteiger partial charge >= 0.3 is 5.97 Å². The maximum absolute atomic E-state index is 13.8. The topological polar surface area (TPSA) is 57.5 Å². The Balaban J connectivity index is 2.10. The highest BCUT2D eigenvalue weighted by Crippen LogP contribution is 2.32. The molecule has 2 aromatic carbocycles. The molecule has 0 atom stereocenters. The maximum Gasteiger partial charge on any atom is 0.305 e. The number of carbonyl (C=O) groups is 1. The molecule has 3 aromatic rings. The zero-order valence-electron chi connectivity index (χ0n) is 16.1. The standard InChI is InChI=1S/C21H24INO4S/c1-26-17-7-10-20-19(12-17)16(6-11-21(24)27-2)14-23(20)28(3,25)18-8-4-15(13-22)5-9-18/h4-5,7-10,12,14,28H,6,11,13H2,1-3H3. The lowest BCUT2D eigenvalue weighted by Gasteiger charge is -2.23. The summed E-state index contributed by atoms with van der Waals surface area (Å²) >= 11 is 2.31. The van der Waals surface area contributed by atoms with E-state index in [1.54, 1.807) is 13.4 Å². The number of ether oxygens (including phenoxy) is 2. The third-order valence-corrected chi connectivity index (χ3v) is 8.17. The lowest BCUT2D eigenvalue weighted by Crippen LogP contribution is -2.19. The Kier molecular flexibility index (Phi) is 6.44. The van der Waals surface area contributed by atoms with Crippen LogP contribution in [-0.4, -0.2) is 34.6 Å². The van der Waals surface area contributed by atoms with E-state index in [2.05, 4.69) is 22.6 Å². The van der Waals surface area contributed by atoms with Gasteiger partial charge in [-0.15, -0.1) is 0 Å². The fourth-order valence-electron chi connectivity index (χ4n) is 3.23. The maximum atomic E-state index is 13.8. The minimum absolute atomic E-state index is 0.266. The summed E-state index contributed by atoms with van der Waals surface area (Å²) in [5, 5.41) is 0.939. The number of thiol groups is 1. The van der Waals surface area contributed by atoms with Crippen molar-refractivity contribution < 1.29 is 18.5 Å². The molecule has 0 radical (unpaired) electrons. The van der Waals surface area contributed by atoms with E-state index >= 15 is 0 Å². The van der Waals surface area contributed by atoms with Crippen molar-refractivity contribution in [2.45, 2.75) is 22.2 Å². The van der Waals surface area contributed by atoms with E-state index in [0.29, 0.717) is 6.42 Å². The van der Waals surface area contributed by atoms with Gasteiger partial charge in [0.05, 0.1) is 19.7 Å². The number of methoxy groups -OCH3 is 2. The van der Waals surface area contributed by atoms with Gasteiger partial charge in [0, 0.05) is 33.6 Å². The Labute approximate surface area is 179 Å². The Morgan fingerprint density at radius 1 is 1.14 bits per heavy atom. The van der Waals surface area contributed by atoms with Crippen molar-refractivity contribution in [1.29, 1.82) is 0 Å². The normalized spacial score (nSPS) is 12.1. The molecule has 7 heteroatoms. The molecule has 0 spiro atoms. The molecule has 0 aliphatic rings. The van der Waals surface area contributed by atoms with Crippen molar-refractivity contribution in [3.05, 3.63) is 59.8 Å². The summed E-state index contributed by atoms with van der Waals surface area (Å²) in [4.78, 5) is 12.4. The molecule has 0 unspecified atom stereocenters. The molecular weight excluding hydrogens is 489 g/mol. The number of halogens is 1. The second kappa shape index (κ2) is 8.65. The molecule has 150 valence electrons. The van der Waals surface area contributed by atoms with E-state index in [0.717, 1.165) is 31.5 Å². The molecule has 0 aliphatic heterocycles. The van der Waals surface area contributed by atoms with E-state index < -0.39 is 10.1 Å². The van der Waals surface area contributed by atoms with Gasteiger partial charge in [-0.1, -0.05) is 34.7 Å². The molecule has 5 nitrogen and oxygen atoms in total. The van der Waals surface area contributed by atoms with Crippen molar-refractivity contribution in [2.75, 3.05) is 20.5 Å². The first-order chi connectivity index (χ1) is 13.4. The van der Waals surface area contributed by atoms with Crippen LogP contribution in [0.4, 0.5) is 0 Å². The quantitative estimate of drug-likeness (QED) is 0.223. The van der Waals surface area contributed by atoms with Gasteiger partial charge in [-0.25, -0.2) is 0 Å². The van der Waals surface area contributed by atoms with Crippen LogP contribution in [0.5, 0.6) is 5.75 Å². The largest absolute Gasteiger partial charge is 0.497 e. The van der Waals surface area contributed by atoms with E-state index in [1.165, 1.54) is 12.7 Å². The fraction of sp³-hybridized carbons (Fsp3) is 0.286. The van der Waals surface area contributed by atoms with Crippen molar-refractivity contribution in [3.63, 3.8) is 0 Å². The molecule has 0 N–H and O–H groups in total. The minimum atomic E-state index is -2.87. The van der Waals surface area contributed by atoms with Crippen LogP contribution in [0.15, 0.2) is 53.6 Å². The zero-order valence-corrected chi connectivity index (χ0v) is 19.2. The predicted octanol–water partition coefficient (Wildman–Crippen LogP) is 4.16. The molecule has 1 heterocycles. The number of rotatable bonds is 7. The van der Waals surface area contributed by atoms with E-state index in [1.807, 2.05) is 52.6 Å². The van der Waals surface area contributed by atoms with Gasteiger partial charge in [0.2, 0.25) is 0 Å². The molecule has 0 fully saturated rings. The SMILES string of the molecule is COC(=O)CCc1cn([SH](C)(=O)c2ccc(CI)cc2)c2ccc(OC)cc12. The van der Waals surface area contributed by atoms with Crippen molar-refractivity contribution in [3.8, 4) is 5.75 Å².